The molecule has 0 amide bonds. The van der Waals surface area contributed by atoms with Crippen molar-refractivity contribution in [1.29, 1.82) is 0 Å². The van der Waals surface area contributed by atoms with Gasteiger partial charge in [-0.3, -0.25) is 4.98 Å². The Morgan fingerprint density at radius 3 is 2.78 bits per heavy atom. The minimum absolute atomic E-state index is 0.0850. The highest BCUT2D eigenvalue weighted by atomic mass is 16.5. The van der Waals surface area contributed by atoms with E-state index >= 15 is 0 Å². The fourth-order valence-electron chi connectivity index (χ4n) is 2.74. The fraction of sp³-hybridized carbons (Fsp3) is 0.400. The van der Waals surface area contributed by atoms with Gasteiger partial charge in [-0.1, -0.05) is 18.2 Å². The Morgan fingerprint density at radius 1 is 1.17 bits per heavy atom. The average Bonchev–Trinajstić information content (AvgIpc) is 2.47. The maximum Gasteiger partial charge on any atom is 0.0705 e. The van der Waals surface area contributed by atoms with Crippen LogP contribution in [0.5, 0.6) is 0 Å². The number of pyridine rings is 1. The van der Waals surface area contributed by atoms with E-state index < -0.39 is 0 Å². The van der Waals surface area contributed by atoms with Crippen molar-refractivity contribution in [3.8, 4) is 0 Å². The van der Waals surface area contributed by atoms with Crippen LogP contribution in [0.4, 0.5) is 0 Å². The Bertz CT molecular complexity index is 530. The van der Waals surface area contributed by atoms with Crippen molar-refractivity contribution < 1.29 is 4.74 Å². The highest BCUT2D eigenvalue weighted by Gasteiger charge is 2.23. The lowest BCUT2D eigenvalue weighted by molar-refractivity contribution is 0.0585. The van der Waals surface area contributed by atoms with E-state index in [2.05, 4.69) is 17.1 Å². The van der Waals surface area contributed by atoms with Crippen LogP contribution in [-0.2, 0) is 4.74 Å². The van der Waals surface area contributed by atoms with Crippen molar-refractivity contribution in [2.24, 2.45) is 11.7 Å². The second-order valence-electron chi connectivity index (χ2n) is 4.89. The summed E-state index contributed by atoms with van der Waals surface area (Å²) in [4.78, 5) is 4.39. The molecule has 2 heterocycles. The van der Waals surface area contributed by atoms with Crippen LogP contribution in [-0.4, -0.2) is 18.2 Å². The molecule has 0 bridgehead atoms. The van der Waals surface area contributed by atoms with Crippen LogP contribution >= 0.6 is 0 Å². The summed E-state index contributed by atoms with van der Waals surface area (Å²) >= 11 is 0. The number of para-hydroxylation sites is 1. The van der Waals surface area contributed by atoms with Gasteiger partial charge in [0.15, 0.2) is 0 Å². The molecule has 1 aromatic carbocycles. The number of ether oxygens (including phenoxy) is 1. The Balaban J connectivity index is 1.97. The molecule has 1 aliphatic rings. The normalized spacial score (nSPS) is 18.9. The van der Waals surface area contributed by atoms with Crippen LogP contribution in [0, 0.1) is 5.92 Å². The molecule has 0 aliphatic carbocycles. The molecule has 1 fully saturated rings. The highest BCUT2D eigenvalue weighted by Crippen LogP contribution is 2.31. The summed E-state index contributed by atoms with van der Waals surface area (Å²) in [5.41, 5.74) is 8.69. The van der Waals surface area contributed by atoms with Gasteiger partial charge in [0.1, 0.15) is 0 Å². The summed E-state index contributed by atoms with van der Waals surface area (Å²) in [7, 11) is 0. The first-order chi connectivity index (χ1) is 8.86. The van der Waals surface area contributed by atoms with E-state index in [4.69, 9.17) is 10.5 Å². The third kappa shape index (κ3) is 2.11. The monoisotopic (exact) mass is 242 g/mol. The quantitative estimate of drug-likeness (QED) is 0.880. The highest BCUT2D eigenvalue weighted by molar-refractivity contribution is 5.82. The fourth-order valence-corrected chi connectivity index (χ4v) is 2.74. The van der Waals surface area contributed by atoms with E-state index in [9.17, 15) is 0 Å². The minimum Gasteiger partial charge on any atom is -0.381 e. The van der Waals surface area contributed by atoms with Crippen LogP contribution in [0.15, 0.2) is 36.5 Å². The predicted molar refractivity (Wildman–Crippen MR) is 72.2 cm³/mol. The van der Waals surface area contributed by atoms with Crippen molar-refractivity contribution in [2.45, 2.75) is 18.9 Å². The lowest BCUT2D eigenvalue weighted by atomic mass is 9.86. The largest absolute Gasteiger partial charge is 0.381 e. The molecule has 1 aliphatic heterocycles. The van der Waals surface area contributed by atoms with Gasteiger partial charge in [-0.05, 0) is 36.5 Å². The van der Waals surface area contributed by atoms with Crippen molar-refractivity contribution >= 4 is 10.9 Å². The van der Waals surface area contributed by atoms with Crippen LogP contribution in [0.1, 0.15) is 24.4 Å². The topological polar surface area (TPSA) is 48.1 Å². The second-order valence-corrected chi connectivity index (χ2v) is 4.89. The zero-order valence-corrected chi connectivity index (χ0v) is 10.4. The van der Waals surface area contributed by atoms with Crippen LogP contribution in [0.25, 0.3) is 10.9 Å². The van der Waals surface area contributed by atoms with Crippen molar-refractivity contribution in [2.75, 3.05) is 13.2 Å². The molecule has 1 saturated heterocycles. The number of benzene rings is 1. The third-order valence-electron chi connectivity index (χ3n) is 3.82. The van der Waals surface area contributed by atoms with Gasteiger partial charge in [-0.2, -0.15) is 0 Å². The Labute approximate surface area is 107 Å². The molecule has 2 N–H and O–H groups in total. The smallest absolute Gasteiger partial charge is 0.0705 e. The van der Waals surface area contributed by atoms with E-state index in [1.807, 2.05) is 24.4 Å². The maximum absolute atomic E-state index is 6.45. The standard InChI is InChI=1S/C15H18N2O/c16-15(11-6-9-18-10-7-11)13-5-8-17-14-4-2-1-3-12(13)14/h1-5,8,11,15H,6-7,9-10,16H2. The van der Waals surface area contributed by atoms with Gasteiger partial charge in [0.2, 0.25) is 0 Å². The Kier molecular flexibility index (Phi) is 3.26. The minimum atomic E-state index is 0.0850. The van der Waals surface area contributed by atoms with E-state index in [0.717, 1.165) is 31.6 Å². The number of hydrogen-bond donors (Lipinski definition) is 1. The van der Waals surface area contributed by atoms with Crippen molar-refractivity contribution in [1.82, 2.24) is 4.98 Å². The van der Waals surface area contributed by atoms with Gasteiger partial charge in [0.25, 0.3) is 0 Å². The average molecular weight is 242 g/mol. The molecule has 0 radical (unpaired) electrons. The van der Waals surface area contributed by atoms with Gasteiger partial charge >= 0.3 is 0 Å². The molecule has 3 nitrogen and oxygen atoms in total. The number of nitrogens with zero attached hydrogens (tertiary/aromatic N) is 1. The number of nitrogens with two attached hydrogens (primary N) is 1. The van der Waals surface area contributed by atoms with Gasteiger partial charge in [0.05, 0.1) is 5.52 Å². The predicted octanol–water partition coefficient (Wildman–Crippen LogP) is 2.66. The van der Waals surface area contributed by atoms with E-state index in [1.54, 1.807) is 0 Å². The molecular formula is C15H18N2O. The van der Waals surface area contributed by atoms with E-state index in [1.165, 1.54) is 10.9 Å². The SMILES string of the molecule is NC(c1ccnc2ccccc12)C1CCOCC1. The number of hydrogen-bond acceptors (Lipinski definition) is 3. The van der Waals surface area contributed by atoms with Crippen LogP contribution in [0.2, 0.25) is 0 Å². The summed E-state index contributed by atoms with van der Waals surface area (Å²) in [5.74, 6) is 0.518. The molecule has 1 aromatic heterocycles. The maximum atomic E-state index is 6.45. The number of aromatic nitrogens is 1. The first-order valence-electron chi connectivity index (χ1n) is 6.53. The van der Waals surface area contributed by atoms with E-state index in [-0.39, 0.29) is 6.04 Å². The summed E-state index contributed by atoms with van der Waals surface area (Å²) in [6.45, 7) is 1.67. The molecule has 2 aromatic rings. The third-order valence-corrected chi connectivity index (χ3v) is 3.82. The molecule has 0 saturated carbocycles. The molecule has 3 heteroatoms. The summed E-state index contributed by atoms with van der Waals surface area (Å²) in [5, 5.41) is 1.18. The first kappa shape index (κ1) is 11.6. The van der Waals surface area contributed by atoms with Gasteiger partial charge in [-0.25, -0.2) is 0 Å². The summed E-state index contributed by atoms with van der Waals surface area (Å²) in [6.07, 6.45) is 3.96. The second kappa shape index (κ2) is 5.04. The summed E-state index contributed by atoms with van der Waals surface area (Å²) in [6, 6.07) is 10.3. The number of rotatable bonds is 2. The lowest BCUT2D eigenvalue weighted by Crippen LogP contribution is -2.27. The van der Waals surface area contributed by atoms with E-state index in [0.29, 0.717) is 5.92 Å². The molecule has 3 rings (SSSR count). The van der Waals surface area contributed by atoms with Gasteiger partial charge in [0, 0.05) is 30.8 Å². The van der Waals surface area contributed by atoms with Gasteiger partial charge < -0.3 is 10.5 Å². The van der Waals surface area contributed by atoms with Crippen LogP contribution in [0.3, 0.4) is 0 Å². The molecule has 18 heavy (non-hydrogen) atoms. The first-order valence-corrected chi connectivity index (χ1v) is 6.53. The zero-order valence-electron chi connectivity index (χ0n) is 10.4. The molecule has 1 atom stereocenters. The molecule has 94 valence electrons. The molecular weight excluding hydrogens is 224 g/mol. The van der Waals surface area contributed by atoms with Crippen LogP contribution < -0.4 is 5.73 Å². The Morgan fingerprint density at radius 2 is 1.94 bits per heavy atom. The number of fused-ring (bicyclic) bond motifs is 1. The van der Waals surface area contributed by atoms with Crippen molar-refractivity contribution in [3.63, 3.8) is 0 Å². The molecule has 0 spiro atoms. The van der Waals surface area contributed by atoms with Crippen molar-refractivity contribution in [3.05, 3.63) is 42.1 Å². The molecule has 1 unspecified atom stereocenters. The zero-order chi connectivity index (χ0) is 12.4. The lowest BCUT2D eigenvalue weighted by Gasteiger charge is -2.28. The summed E-state index contributed by atoms with van der Waals surface area (Å²) < 4.78 is 5.41. The Hall–Kier alpha value is -1.45. The van der Waals surface area contributed by atoms with Gasteiger partial charge in [-0.15, -0.1) is 0 Å².